The van der Waals surface area contributed by atoms with Crippen LogP contribution < -0.4 is 10.1 Å². The number of aliphatic imine (C=N–C) groups is 1. The summed E-state index contributed by atoms with van der Waals surface area (Å²) in [5.41, 5.74) is 3.91. The molecule has 4 aromatic rings. The van der Waals surface area contributed by atoms with E-state index in [9.17, 15) is 9.59 Å². The first-order valence-corrected chi connectivity index (χ1v) is 12.4. The number of rotatable bonds is 7. The Morgan fingerprint density at radius 3 is 2.66 bits per heavy atom. The molecule has 2 N–H and O–H groups in total. The number of amides is 1. The number of imidazole rings is 1. The van der Waals surface area contributed by atoms with E-state index in [1.807, 2.05) is 61.5 Å². The average Bonchev–Trinajstić information content (AvgIpc) is 3.28. The highest BCUT2D eigenvalue weighted by Crippen LogP contribution is 2.23. The van der Waals surface area contributed by atoms with E-state index in [2.05, 4.69) is 25.3 Å². The van der Waals surface area contributed by atoms with Crippen LogP contribution in [0.4, 0.5) is 0 Å². The second kappa shape index (κ2) is 11.5. The lowest BCUT2D eigenvalue weighted by atomic mass is 9.98. The number of pyridine rings is 1. The third-order valence-electron chi connectivity index (χ3n) is 6.27. The van der Waals surface area contributed by atoms with Crippen LogP contribution in [-0.4, -0.2) is 39.1 Å². The minimum absolute atomic E-state index is 0.167. The van der Waals surface area contributed by atoms with Crippen LogP contribution in [-0.2, 0) is 11.2 Å². The molecule has 8 heteroatoms. The molecule has 0 bridgehead atoms. The molecule has 1 aliphatic rings. The standard InChI is InChI=1S/C30H27N5O3/c1-2-20-14-17-33-30(24(19-20)29(37)32-18-15-22-7-5-6-16-31-22)38-23-12-10-21(11-13-23)27(36)28-34-25-8-3-4-9-26(25)35-28/h2-14,16-17,24H,15,18-19H2,1H3,(H,32,37)(H,34,35)/b20-2+. The second-order valence-corrected chi connectivity index (χ2v) is 8.82. The lowest BCUT2D eigenvalue weighted by Gasteiger charge is -2.18. The molecule has 2 aromatic carbocycles. The van der Waals surface area contributed by atoms with Gasteiger partial charge in [0, 0.05) is 36.6 Å². The number of nitrogens with zero attached hydrogens (tertiary/aromatic N) is 3. The van der Waals surface area contributed by atoms with Gasteiger partial charge in [-0.1, -0.05) is 24.3 Å². The van der Waals surface area contributed by atoms with E-state index in [0.717, 1.165) is 22.3 Å². The third kappa shape index (κ3) is 5.75. The van der Waals surface area contributed by atoms with Crippen LogP contribution in [0.3, 0.4) is 0 Å². The van der Waals surface area contributed by atoms with Gasteiger partial charge in [0.2, 0.25) is 17.6 Å². The molecule has 2 aromatic heterocycles. The number of H-pyrrole nitrogens is 1. The zero-order valence-corrected chi connectivity index (χ0v) is 20.9. The third-order valence-corrected chi connectivity index (χ3v) is 6.27. The fourth-order valence-corrected chi connectivity index (χ4v) is 4.18. The lowest BCUT2D eigenvalue weighted by Crippen LogP contribution is -2.38. The predicted octanol–water partition coefficient (Wildman–Crippen LogP) is 4.81. The first kappa shape index (κ1) is 24.8. The van der Waals surface area contributed by atoms with E-state index >= 15 is 0 Å². The minimum Gasteiger partial charge on any atom is -0.442 e. The number of ether oxygens (including phenoxy) is 1. The zero-order valence-electron chi connectivity index (χ0n) is 20.9. The number of benzene rings is 2. The van der Waals surface area contributed by atoms with Crippen molar-refractivity contribution in [3.05, 3.63) is 114 Å². The highest BCUT2D eigenvalue weighted by Gasteiger charge is 2.28. The van der Waals surface area contributed by atoms with Gasteiger partial charge in [-0.3, -0.25) is 14.6 Å². The maximum Gasteiger partial charge on any atom is 0.232 e. The average molecular weight is 506 g/mol. The summed E-state index contributed by atoms with van der Waals surface area (Å²) in [5, 5.41) is 2.99. The molecule has 0 aliphatic carbocycles. The number of carbonyl (C=O) groups is 2. The number of aromatic amines is 1. The molecular formula is C30H27N5O3. The number of allylic oxidation sites excluding steroid dienone is 3. The van der Waals surface area contributed by atoms with Crippen molar-refractivity contribution in [3.63, 3.8) is 0 Å². The highest BCUT2D eigenvalue weighted by molar-refractivity contribution is 6.08. The molecule has 5 rings (SSSR count). The quantitative estimate of drug-likeness (QED) is 0.351. The molecule has 8 nitrogen and oxygen atoms in total. The number of ketones is 1. The largest absolute Gasteiger partial charge is 0.442 e. The molecular weight excluding hydrogens is 478 g/mol. The van der Waals surface area contributed by atoms with Crippen LogP contribution in [0.1, 0.15) is 35.2 Å². The van der Waals surface area contributed by atoms with E-state index in [4.69, 9.17) is 4.74 Å². The van der Waals surface area contributed by atoms with Crippen molar-refractivity contribution in [2.24, 2.45) is 10.9 Å². The van der Waals surface area contributed by atoms with Crippen LogP contribution in [0.25, 0.3) is 11.0 Å². The van der Waals surface area contributed by atoms with Gasteiger partial charge in [-0.2, -0.15) is 0 Å². The van der Waals surface area contributed by atoms with Gasteiger partial charge in [0.1, 0.15) is 11.7 Å². The van der Waals surface area contributed by atoms with Gasteiger partial charge in [-0.15, -0.1) is 0 Å². The molecule has 3 heterocycles. The Balaban J connectivity index is 1.28. The predicted molar refractivity (Wildman–Crippen MR) is 146 cm³/mol. The number of aromatic nitrogens is 3. The summed E-state index contributed by atoms with van der Waals surface area (Å²) >= 11 is 0. The van der Waals surface area contributed by atoms with Crippen molar-refractivity contribution in [2.75, 3.05) is 6.54 Å². The van der Waals surface area contributed by atoms with Crippen molar-refractivity contribution in [1.82, 2.24) is 20.3 Å². The smallest absolute Gasteiger partial charge is 0.232 e. The fourth-order valence-electron chi connectivity index (χ4n) is 4.18. The maximum atomic E-state index is 13.2. The second-order valence-electron chi connectivity index (χ2n) is 8.82. The molecule has 1 atom stereocenters. The molecule has 190 valence electrons. The normalized spacial score (nSPS) is 16.2. The molecule has 0 fully saturated rings. The van der Waals surface area contributed by atoms with Gasteiger partial charge >= 0.3 is 0 Å². The number of fused-ring (bicyclic) bond motifs is 1. The number of hydrogen-bond acceptors (Lipinski definition) is 6. The van der Waals surface area contributed by atoms with Crippen molar-refractivity contribution in [3.8, 4) is 5.75 Å². The minimum atomic E-state index is -0.600. The maximum absolute atomic E-state index is 13.2. The monoisotopic (exact) mass is 505 g/mol. The molecule has 1 unspecified atom stereocenters. The SMILES string of the molecule is C/C=C1\C=CN=C(Oc2ccc(C(=O)c3nc4ccccc4[nH]3)cc2)C(C(=O)NCCc2ccccn2)C1. The van der Waals surface area contributed by atoms with Crippen molar-refractivity contribution in [2.45, 2.75) is 19.8 Å². The topological polar surface area (TPSA) is 109 Å². The first-order chi connectivity index (χ1) is 18.6. The van der Waals surface area contributed by atoms with Crippen molar-refractivity contribution >= 4 is 28.6 Å². The van der Waals surface area contributed by atoms with Crippen molar-refractivity contribution in [1.29, 1.82) is 0 Å². The summed E-state index contributed by atoms with van der Waals surface area (Å²) in [4.78, 5) is 42.3. The lowest BCUT2D eigenvalue weighted by molar-refractivity contribution is -0.123. The van der Waals surface area contributed by atoms with Gasteiger partial charge in [-0.05, 0) is 73.5 Å². The summed E-state index contributed by atoms with van der Waals surface area (Å²) in [5.74, 6) is 0.0689. The molecule has 0 saturated heterocycles. The van der Waals surface area contributed by atoms with Gasteiger partial charge < -0.3 is 15.0 Å². The van der Waals surface area contributed by atoms with Gasteiger partial charge in [0.25, 0.3) is 0 Å². The Morgan fingerprint density at radius 1 is 1.08 bits per heavy atom. The van der Waals surface area contributed by atoms with E-state index in [-0.39, 0.29) is 17.5 Å². The van der Waals surface area contributed by atoms with Crippen LogP contribution in [0.15, 0.2) is 102 Å². The van der Waals surface area contributed by atoms with E-state index in [1.165, 1.54) is 0 Å². The van der Waals surface area contributed by atoms with Crippen LogP contribution in [0, 0.1) is 5.92 Å². The van der Waals surface area contributed by atoms with Crippen molar-refractivity contribution < 1.29 is 14.3 Å². The van der Waals surface area contributed by atoms with Gasteiger partial charge in [-0.25, -0.2) is 9.98 Å². The molecule has 0 spiro atoms. The number of para-hydroxylation sites is 2. The number of hydrogen-bond donors (Lipinski definition) is 2. The number of nitrogens with one attached hydrogen (secondary N) is 2. The van der Waals surface area contributed by atoms with Crippen LogP contribution in [0.2, 0.25) is 0 Å². The molecule has 0 radical (unpaired) electrons. The summed E-state index contributed by atoms with van der Waals surface area (Å²) < 4.78 is 6.08. The van der Waals surface area contributed by atoms with Gasteiger partial charge in [0.05, 0.1) is 11.0 Å². The summed E-state index contributed by atoms with van der Waals surface area (Å²) in [7, 11) is 0. The van der Waals surface area contributed by atoms with E-state index in [0.29, 0.717) is 36.6 Å². The Kier molecular flexibility index (Phi) is 7.49. The Labute approximate surface area is 220 Å². The zero-order chi connectivity index (χ0) is 26.3. The fraction of sp³-hybridized carbons (Fsp3) is 0.167. The molecule has 0 saturated carbocycles. The Hall–Kier alpha value is -4.85. The Morgan fingerprint density at radius 2 is 1.89 bits per heavy atom. The van der Waals surface area contributed by atoms with E-state index < -0.39 is 5.92 Å². The summed E-state index contributed by atoms with van der Waals surface area (Å²) in [6, 6.07) is 20.0. The van der Waals surface area contributed by atoms with Gasteiger partial charge in [0.15, 0.2) is 5.82 Å². The summed E-state index contributed by atoms with van der Waals surface area (Å²) in [6.07, 6.45) is 8.30. The molecule has 1 aliphatic heterocycles. The molecule has 38 heavy (non-hydrogen) atoms. The van der Waals surface area contributed by atoms with Crippen LogP contribution >= 0.6 is 0 Å². The highest BCUT2D eigenvalue weighted by atomic mass is 16.5. The van der Waals surface area contributed by atoms with E-state index in [1.54, 1.807) is 36.7 Å². The summed E-state index contributed by atoms with van der Waals surface area (Å²) in [6.45, 7) is 2.39. The number of carbonyl (C=O) groups excluding carboxylic acids is 2. The molecule has 1 amide bonds. The first-order valence-electron chi connectivity index (χ1n) is 12.4. The Bertz CT molecular complexity index is 1500. The van der Waals surface area contributed by atoms with Crippen LogP contribution in [0.5, 0.6) is 5.75 Å².